The van der Waals surface area contributed by atoms with Crippen LogP contribution in [0.15, 0.2) is 18.2 Å². The number of nitrogens with zero attached hydrogens (tertiary/aromatic N) is 2. The van der Waals surface area contributed by atoms with E-state index in [0.717, 1.165) is 0 Å². The van der Waals surface area contributed by atoms with Crippen LogP contribution in [0.5, 0.6) is 0 Å². The molecule has 1 aromatic carbocycles. The second-order valence-corrected chi connectivity index (χ2v) is 4.01. The molecule has 1 aromatic rings. The molecule has 18 heavy (non-hydrogen) atoms. The van der Waals surface area contributed by atoms with Gasteiger partial charge < -0.3 is 10.0 Å². The van der Waals surface area contributed by atoms with Crippen molar-refractivity contribution in [2.45, 2.75) is 13.3 Å². The standard InChI is InChI=1S/C12H16N2O4/c1-9(16)11-5-4-10(8-12(11)14(17)18)13(2)6-3-7-15/h4-5,8,15H,3,6-7H2,1-2H3. The molecule has 0 saturated heterocycles. The van der Waals surface area contributed by atoms with Gasteiger partial charge in [0.25, 0.3) is 5.69 Å². The number of carbonyl (C=O) groups is 1. The monoisotopic (exact) mass is 252 g/mol. The first kappa shape index (κ1) is 14.1. The van der Waals surface area contributed by atoms with Gasteiger partial charge in [0.05, 0.1) is 10.5 Å². The molecule has 0 fully saturated rings. The number of nitro groups is 1. The van der Waals surface area contributed by atoms with E-state index >= 15 is 0 Å². The highest BCUT2D eigenvalue weighted by Crippen LogP contribution is 2.25. The lowest BCUT2D eigenvalue weighted by molar-refractivity contribution is -0.385. The molecule has 0 aliphatic rings. The minimum Gasteiger partial charge on any atom is -0.396 e. The van der Waals surface area contributed by atoms with E-state index in [-0.39, 0.29) is 23.6 Å². The molecule has 0 heterocycles. The van der Waals surface area contributed by atoms with E-state index in [0.29, 0.717) is 18.7 Å². The van der Waals surface area contributed by atoms with E-state index in [1.165, 1.54) is 19.1 Å². The smallest absolute Gasteiger partial charge is 0.282 e. The van der Waals surface area contributed by atoms with Crippen molar-refractivity contribution in [3.63, 3.8) is 0 Å². The zero-order valence-corrected chi connectivity index (χ0v) is 10.4. The van der Waals surface area contributed by atoms with Gasteiger partial charge in [-0.1, -0.05) is 0 Å². The van der Waals surface area contributed by atoms with Crippen LogP contribution in [0.25, 0.3) is 0 Å². The Bertz CT molecular complexity index is 459. The van der Waals surface area contributed by atoms with E-state index in [9.17, 15) is 14.9 Å². The normalized spacial score (nSPS) is 10.2. The highest BCUT2D eigenvalue weighted by atomic mass is 16.6. The van der Waals surface area contributed by atoms with Crippen LogP contribution in [0.1, 0.15) is 23.7 Å². The third-order valence-electron chi connectivity index (χ3n) is 2.65. The van der Waals surface area contributed by atoms with Crippen molar-refractivity contribution in [3.8, 4) is 0 Å². The van der Waals surface area contributed by atoms with Crippen LogP contribution in [-0.4, -0.2) is 36.0 Å². The minimum atomic E-state index is -0.555. The number of aliphatic hydroxyl groups excluding tert-OH is 1. The molecule has 0 aliphatic heterocycles. The first-order chi connectivity index (χ1) is 8.47. The summed E-state index contributed by atoms with van der Waals surface area (Å²) in [6, 6.07) is 4.51. The van der Waals surface area contributed by atoms with Crippen molar-refractivity contribution in [1.29, 1.82) is 0 Å². The van der Waals surface area contributed by atoms with E-state index in [1.54, 1.807) is 18.0 Å². The summed E-state index contributed by atoms with van der Waals surface area (Å²) in [6.07, 6.45) is 0.582. The molecule has 0 aliphatic carbocycles. The zero-order valence-electron chi connectivity index (χ0n) is 10.4. The highest BCUT2D eigenvalue weighted by molar-refractivity contribution is 5.98. The van der Waals surface area contributed by atoms with Gasteiger partial charge >= 0.3 is 0 Å². The Morgan fingerprint density at radius 1 is 1.50 bits per heavy atom. The highest BCUT2D eigenvalue weighted by Gasteiger charge is 2.18. The number of hydrogen-bond acceptors (Lipinski definition) is 5. The summed E-state index contributed by atoms with van der Waals surface area (Å²) in [5.41, 5.74) is 0.579. The minimum absolute atomic E-state index is 0.0674. The fourth-order valence-electron chi connectivity index (χ4n) is 1.64. The molecule has 0 amide bonds. The molecule has 1 N–H and O–H groups in total. The zero-order chi connectivity index (χ0) is 13.7. The Hall–Kier alpha value is -1.95. The van der Waals surface area contributed by atoms with Gasteiger partial charge in [0.2, 0.25) is 0 Å². The van der Waals surface area contributed by atoms with Crippen LogP contribution in [0.4, 0.5) is 11.4 Å². The van der Waals surface area contributed by atoms with Gasteiger partial charge in [0.15, 0.2) is 5.78 Å². The van der Waals surface area contributed by atoms with Crippen LogP contribution in [0, 0.1) is 10.1 Å². The van der Waals surface area contributed by atoms with Gasteiger partial charge in [0, 0.05) is 32.0 Å². The SMILES string of the molecule is CC(=O)c1ccc(N(C)CCCO)cc1[N+](=O)[O-]. The summed E-state index contributed by atoms with van der Waals surface area (Å²) >= 11 is 0. The fourth-order valence-corrected chi connectivity index (χ4v) is 1.64. The molecule has 0 aromatic heterocycles. The molecule has 1 rings (SSSR count). The van der Waals surface area contributed by atoms with Crippen molar-refractivity contribution in [2.75, 3.05) is 25.1 Å². The Kier molecular flexibility index (Phi) is 4.79. The third kappa shape index (κ3) is 3.27. The lowest BCUT2D eigenvalue weighted by Crippen LogP contribution is -2.19. The summed E-state index contributed by atoms with van der Waals surface area (Å²) in [5, 5.41) is 19.7. The summed E-state index contributed by atoms with van der Waals surface area (Å²) < 4.78 is 0. The summed E-state index contributed by atoms with van der Waals surface area (Å²) in [5.74, 6) is -0.328. The van der Waals surface area contributed by atoms with Gasteiger partial charge in [-0.2, -0.15) is 0 Å². The molecular weight excluding hydrogens is 236 g/mol. The topological polar surface area (TPSA) is 83.7 Å². The lowest BCUT2D eigenvalue weighted by atomic mass is 10.1. The van der Waals surface area contributed by atoms with Crippen LogP contribution in [0.3, 0.4) is 0 Å². The Balaban J connectivity index is 3.07. The average Bonchev–Trinajstić information content (AvgIpc) is 2.34. The number of Topliss-reactive ketones (excluding diaryl/α,β-unsaturated/α-hetero) is 1. The Labute approximate surface area is 105 Å². The quantitative estimate of drug-likeness (QED) is 0.472. The molecule has 98 valence electrons. The van der Waals surface area contributed by atoms with Crippen LogP contribution in [-0.2, 0) is 0 Å². The maximum Gasteiger partial charge on any atom is 0.282 e. The van der Waals surface area contributed by atoms with E-state index < -0.39 is 4.92 Å². The van der Waals surface area contributed by atoms with Crippen LogP contribution < -0.4 is 4.90 Å². The van der Waals surface area contributed by atoms with Gasteiger partial charge in [-0.05, 0) is 25.5 Å². The predicted octanol–water partition coefficient (Wildman–Crippen LogP) is 1.62. The van der Waals surface area contributed by atoms with E-state index in [1.807, 2.05) is 0 Å². The van der Waals surface area contributed by atoms with Crippen LogP contribution >= 0.6 is 0 Å². The molecule has 0 spiro atoms. The number of anilines is 1. The first-order valence-electron chi connectivity index (χ1n) is 5.58. The Morgan fingerprint density at radius 3 is 2.67 bits per heavy atom. The predicted molar refractivity (Wildman–Crippen MR) is 68.1 cm³/mol. The molecule has 0 radical (unpaired) electrons. The first-order valence-corrected chi connectivity index (χ1v) is 5.58. The Morgan fingerprint density at radius 2 is 2.17 bits per heavy atom. The second-order valence-electron chi connectivity index (χ2n) is 4.01. The van der Waals surface area contributed by atoms with Crippen molar-refractivity contribution < 1.29 is 14.8 Å². The lowest BCUT2D eigenvalue weighted by Gasteiger charge is -2.18. The summed E-state index contributed by atoms with van der Waals surface area (Å²) in [7, 11) is 1.78. The number of carbonyl (C=O) groups excluding carboxylic acids is 1. The number of nitro benzene ring substituents is 1. The van der Waals surface area contributed by atoms with E-state index in [2.05, 4.69) is 0 Å². The number of benzene rings is 1. The van der Waals surface area contributed by atoms with Crippen molar-refractivity contribution >= 4 is 17.2 Å². The largest absolute Gasteiger partial charge is 0.396 e. The summed E-state index contributed by atoms with van der Waals surface area (Å²) in [6.45, 7) is 1.96. The van der Waals surface area contributed by atoms with Gasteiger partial charge in [-0.15, -0.1) is 0 Å². The molecular formula is C12H16N2O4. The van der Waals surface area contributed by atoms with Crippen molar-refractivity contribution in [1.82, 2.24) is 0 Å². The van der Waals surface area contributed by atoms with Gasteiger partial charge in [-0.25, -0.2) is 0 Å². The maximum atomic E-state index is 11.3. The summed E-state index contributed by atoms with van der Waals surface area (Å²) in [4.78, 5) is 23.4. The second kappa shape index (κ2) is 6.11. The van der Waals surface area contributed by atoms with Crippen LogP contribution in [0.2, 0.25) is 0 Å². The van der Waals surface area contributed by atoms with E-state index in [4.69, 9.17) is 5.11 Å². The molecule has 0 bridgehead atoms. The number of hydrogen-bond donors (Lipinski definition) is 1. The van der Waals surface area contributed by atoms with Gasteiger partial charge in [0.1, 0.15) is 0 Å². The molecule has 0 atom stereocenters. The number of rotatable bonds is 6. The number of aliphatic hydroxyl groups is 1. The number of ketones is 1. The average molecular weight is 252 g/mol. The van der Waals surface area contributed by atoms with Crippen molar-refractivity contribution in [2.24, 2.45) is 0 Å². The van der Waals surface area contributed by atoms with Crippen molar-refractivity contribution in [3.05, 3.63) is 33.9 Å². The molecule has 0 saturated carbocycles. The van der Waals surface area contributed by atoms with Gasteiger partial charge in [-0.3, -0.25) is 14.9 Å². The fraction of sp³-hybridized carbons (Fsp3) is 0.417. The molecule has 6 nitrogen and oxygen atoms in total. The molecule has 6 heteroatoms. The molecule has 0 unspecified atom stereocenters. The maximum absolute atomic E-state index is 11.3. The third-order valence-corrected chi connectivity index (χ3v) is 2.65.